The van der Waals surface area contributed by atoms with Gasteiger partial charge in [-0.05, 0) is 44.2 Å². The van der Waals surface area contributed by atoms with Crippen molar-refractivity contribution in [3.63, 3.8) is 0 Å². The van der Waals surface area contributed by atoms with Crippen molar-refractivity contribution in [3.05, 3.63) is 30.3 Å². The highest BCUT2D eigenvalue weighted by molar-refractivity contribution is 5.21. The molecule has 1 aliphatic rings. The maximum atomic E-state index is 6.33. The molecule has 0 amide bonds. The Hall–Kier alpha value is -1.02. The average Bonchev–Trinajstić information content (AvgIpc) is 2.53. The van der Waals surface area contributed by atoms with Crippen LogP contribution < -0.4 is 4.74 Å². The van der Waals surface area contributed by atoms with E-state index in [1.54, 1.807) is 0 Å². The van der Waals surface area contributed by atoms with E-state index in [2.05, 4.69) is 13.8 Å². The molecule has 2 nitrogen and oxygen atoms in total. The summed E-state index contributed by atoms with van der Waals surface area (Å²) < 4.78 is 12.4. The molecule has 2 rings (SSSR count). The topological polar surface area (TPSA) is 18.5 Å². The van der Waals surface area contributed by atoms with Crippen LogP contribution in [0, 0.1) is 0 Å². The van der Waals surface area contributed by atoms with Crippen molar-refractivity contribution in [2.24, 2.45) is 0 Å². The van der Waals surface area contributed by atoms with Gasteiger partial charge < -0.3 is 9.47 Å². The Morgan fingerprint density at radius 1 is 1.10 bits per heavy atom. The number of benzene rings is 1. The first-order valence-corrected chi connectivity index (χ1v) is 8.69. The largest absolute Gasteiger partial charge is 0.490 e. The van der Waals surface area contributed by atoms with E-state index >= 15 is 0 Å². The maximum Gasteiger partial charge on any atom is 0.119 e. The zero-order valence-corrected chi connectivity index (χ0v) is 13.6. The lowest BCUT2D eigenvalue weighted by atomic mass is 9.94. The normalized spacial score (nSPS) is 23.7. The van der Waals surface area contributed by atoms with Gasteiger partial charge in [-0.1, -0.05) is 44.9 Å². The highest BCUT2D eigenvalue weighted by Gasteiger charge is 2.25. The van der Waals surface area contributed by atoms with E-state index in [-0.39, 0.29) is 0 Å². The molecule has 1 aromatic rings. The van der Waals surface area contributed by atoms with E-state index in [9.17, 15) is 0 Å². The minimum absolute atomic E-state index is 0.315. The molecule has 0 N–H and O–H groups in total. The van der Waals surface area contributed by atoms with Crippen LogP contribution in [0.1, 0.15) is 65.2 Å². The molecule has 0 bridgehead atoms. The fourth-order valence-electron chi connectivity index (χ4n) is 3.10. The highest BCUT2D eigenvalue weighted by Crippen LogP contribution is 2.27. The first-order valence-electron chi connectivity index (χ1n) is 8.69. The predicted molar refractivity (Wildman–Crippen MR) is 87.8 cm³/mol. The predicted octanol–water partition coefficient (Wildman–Crippen LogP) is 5.36. The Morgan fingerprint density at radius 2 is 1.86 bits per heavy atom. The SMILES string of the molecule is CCCCC(CC)OC1CCCC(Oc2ccccc2)C1. The molecule has 0 spiro atoms. The fraction of sp³-hybridized carbons (Fsp3) is 0.684. The van der Waals surface area contributed by atoms with Crippen molar-refractivity contribution in [2.45, 2.75) is 83.5 Å². The molecule has 21 heavy (non-hydrogen) atoms. The second kappa shape index (κ2) is 9.09. The van der Waals surface area contributed by atoms with Crippen molar-refractivity contribution >= 4 is 0 Å². The van der Waals surface area contributed by atoms with Crippen LogP contribution in [0.15, 0.2) is 30.3 Å². The van der Waals surface area contributed by atoms with Crippen molar-refractivity contribution < 1.29 is 9.47 Å². The van der Waals surface area contributed by atoms with Crippen LogP contribution in [0.4, 0.5) is 0 Å². The lowest BCUT2D eigenvalue weighted by Gasteiger charge is -2.32. The summed E-state index contributed by atoms with van der Waals surface area (Å²) in [6.07, 6.45) is 10.6. The summed E-state index contributed by atoms with van der Waals surface area (Å²) in [4.78, 5) is 0. The third-order valence-corrected chi connectivity index (χ3v) is 4.34. The third-order valence-electron chi connectivity index (χ3n) is 4.34. The standard InChI is InChI=1S/C19H30O2/c1-3-5-10-16(4-2)20-18-13-9-14-19(15-18)21-17-11-7-6-8-12-17/h6-8,11-12,16,18-19H,3-5,9-10,13-15H2,1-2H3. The zero-order valence-electron chi connectivity index (χ0n) is 13.6. The molecule has 118 valence electrons. The van der Waals surface area contributed by atoms with Crippen molar-refractivity contribution in [1.82, 2.24) is 0 Å². The maximum absolute atomic E-state index is 6.33. The molecule has 3 unspecified atom stereocenters. The summed E-state index contributed by atoms with van der Waals surface area (Å²) in [5.41, 5.74) is 0. The van der Waals surface area contributed by atoms with E-state index in [0.717, 1.165) is 25.0 Å². The molecule has 0 heterocycles. The Labute approximate surface area is 129 Å². The van der Waals surface area contributed by atoms with Gasteiger partial charge in [-0.15, -0.1) is 0 Å². The second-order valence-electron chi connectivity index (χ2n) is 6.15. The van der Waals surface area contributed by atoms with Gasteiger partial charge >= 0.3 is 0 Å². The molecule has 1 aromatic carbocycles. The van der Waals surface area contributed by atoms with Gasteiger partial charge in [0.05, 0.1) is 12.2 Å². The van der Waals surface area contributed by atoms with E-state index in [4.69, 9.17) is 9.47 Å². The highest BCUT2D eigenvalue weighted by atomic mass is 16.5. The Balaban J connectivity index is 1.80. The molecule has 1 aliphatic carbocycles. The smallest absolute Gasteiger partial charge is 0.119 e. The van der Waals surface area contributed by atoms with Crippen LogP contribution in [0.3, 0.4) is 0 Å². The molecule has 0 radical (unpaired) electrons. The third kappa shape index (κ3) is 5.70. The minimum atomic E-state index is 0.315. The van der Waals surface area contributed by atoms with Gasteiger partial charge in [0, 0.05) is 6.42 Å². The van der Waals surface area contributed by atoms with Gasteiger partial charge in [-0.3, -0.25) is 0 Å². The van der Waals surface area contributed by atoms with Crippen LogP contribution in [0.2, 0.25) is 0 Å². The Kier molecular flexibility index (Phi) is 7.08. The van der Waals surface area contributed by atoms with Crippen molar-refractivity contribution in [2.75, 3.05) is 0 Å². The Morgan fingerprint density at radius 3 is 2.57 bits per heavy atom. The quantitative estimate of drug-likeness (QED) is 0.641. The number of rotatable bonds is 8. The number of ether oxygens (including phenoxy) is 2. The first kappa shape index (κ1) is 16.4. The van der Waals surface area contributed by atoms with Gasteiger partial charge in [0.2, 0.25) is 0 Å². The van der Waals surface area contributed by atoms with Gasteiger partial charge in [0.1, 0.15) is 11.9 Å². The Bertz CT molecular complexity index is 376. The number of hydrogen-bond donors (Lipinski definition) is 0. The monoisotopic (exact) mass is 290 g/mol. The van der Waals surface area contributed by atoms with Crippen LogP contribution in [-0.4, -0.2) is 18.3 Å². The summed E-state index contributed by atoms with van der Waals surface area (Å²) in [6, 6.07) is 10.2. The van der Waals surface area contributed by atoms with Gasteiger partial charge in [-0.2, -0.15) is 0 Å². The lowest BCUT2D eigenvalue weighted by molar-refractivity contribution is -0.0564. The second-order valence-corrected chi connectivity index (χ2v) is 6.15. The van der Waals surface area contributed by atoms with Gasteiger partial charge in [0.15, 0.2) is 0 Å². The van der Waals surface area contributed by atoms with Crippen LogP contribution >= 0.6 is 0 Å². The molecule has 1 saturated carbocycles. The van der Waals surface area contributed by atoms with Crippen LogP contribution in [0.25, 0.3) is 0 Å². The first-order chi connectivity index (χ1) is 10.3. The minimum Gasteiger partial charge on any atom is -0.490 e. The average molecular weight is 290 g/mol. The molecular weight excluding hydrogens is 260 g/mol. The number of hydrogen-bond acceptors (Lipinski definition) is 2. The summed E-state index contributed by atoms with van der Waals surface area (Å²) in [7, 11) is 0. The molecule has 0 aromatic heterocycles. The fourth-order valence-corrected chi connectivity index (χ4v) is 3.10. The van der Waals surface area contributed by atoms with E-state index in [0.29, 0.717) is 18.3 Å². The molecule has 0 aliphatic heterocycles. The van der Waals surface area contributed by atoms with Crippen molar-refractivity contribution in [1.29, 1.82) is 0 Å². The van der Waals surface area contributed by atoms with Gasteiger partial charge in [-0.25, -0.2) is 0 Å². The van der Waals surface area contributed by atoms with E-state index < -0.39 is 0 Å². The molecule has 0 saturated heterocycles. The zero-order chi connectivity index (χ0) is 14.9. The molecule has 1 fully saturated rings. The van der Waals surface area contributed by atoms with Crippen molar-refractivity contribution in [3.8, 4) is 5.75 Å². The van der Waals surface area contributed by atoms with Gasteiger partial charge in [0.25, 0.3) is 0 Å². The summed E-state index contributed by atoms with van der Waals surface area (Å²) >= 11 is 0. The summed E-state index contributed by atoms with van der Waals surface area (Å²) in [5, 5.41) is 0. The van der Waals surface area contributed by atoms with E-state index in [1.165, 1.54) is 32.1 Å². The molecule has 3 atom stereocenters. The van der Waals surface area contributed by atoms with Crippen LogP contribution in [0.5, 0.6) is 5.75 Å². The lowest BCUT2D eigenvalue weighted by Crippen LogP contribution is -2.32. The summed E-state index contributed by atoms with van der Waals surface area (Å²) in [5.74, 6) is 0.987. The van der Waals surface area contributed by atoms with Crippen LogP contribution in [-0.2, 0) is 4.74 Å². The molecule has 2 heteroatoms. The number of unbranched alkanes of at least 4 members (excludes halogenated alkanes) is 1. The van der Waals surface area contributed by atoms with E-state index in [1.807, 2.05) is 30.3 Å². The number of para-hydroxylation sites is 1. The molecular formula is C19H30O2. The summed E-state index contributed by atoms with van der Waals surface area (Å²) in [6.45, 7) is 4.48.